The number of ether oxygens (including phenoxy) is 3. The van der Waals surface area contributed by atoms with E-state index >= 15 is 0 Å². The maximum atomic E-state index is 12.9. The van der Waals surface area contributed by atoms with Crippen LogP contribution in [0.2, 0.25) is 0 Å². The van der Waals surface area contributed by atoms with E-state index in [4.69, 9.17) is 14.2 Å². The van der Waals surface area contributed by atoms with Crippen molar-refractivity contribution in [3.8, 4) is 11.5 Å². The highest BCUT2D eigenvalue weighted by Crippen LogP contribution is 2.31. The Kier molecular flexibility index (Phi) is 7.69. The van der Waals surface area contributed by atoms with E-state index in [1.165, 1.54) is 12.1 Å². The zero-order chi connectivity index (χ0) is 20.6. The van der Waals surface area contributed by atoms with E-state index in [-0.39, 0.29) is 12.4 Å². The molecule has 1 aliphatic heterocycles. The molecule has 1 aliphatic rings. The fraction of sp³-hybridized carbons (Fsp3) is 0.455. The van der Waals surface area contributed by atoms with E-state index in [1.807, 2.05) is 18.2 Å². The van der Waals surface area contributed by atoms with Crippen molar-refractivity contribution < 1.29 is 23.7 Å². The molecule has 0 aliphatic carbocycles. The van der Waals surface area contributed by atoms with Gasteiger partial charge >= 0.3 is 0 Å². The summed E-state index contributed by atoms with van der Waals surface area (Å²) in [5, 5.41) is 10.3. The van der Waals surface area contributed by atoms with E-state index in [1.54, 1.807) is 26.4 Å². The van der Waals surface area contributed by atoms with Gasteiger partial charge in [-0.05, 0) is 29.8 Å². The zero-order valence-electron chi connectivity index (χ0n) is 17.0. The van der Waals surface area contributed by atoms with Crippen molar-refractivity contribution in [3.05, 3.63) is 53.8 Å². The second-order valence-electron chi connectivity index (χ2n) is 7.12. The Labute approximate surface area is 171 Å². The number of benzene rings is 2. The van der Waals surface area contributed by atoms with Gasteiger partial charge in [0.1, 0.15) is 5.82 Å². The number of aliphatic hydroxyl groups excluding tert-OH is 1. The Bertz CT molecular complexity index is 764. The third-order valence-electron chi connectivity index (χ3n) is 5.07. The lowest BCUT2D eigenvalue weighted by Crippen LogP contribution is -2.49. The molecule has 2 aromatic rings. The second kappa shape index (κ2) is 10.4. The molecule has 0 bridgehead atoms. The third-order valence-corrected chi connectivity index (χ3v) is 5.07. The van der Waals surface area contributed by atoms with Crippen molar-refractivity contribution in [3.63, 3.8) is 0 Å². The van der Waals surface area contributed by atoms with Crippen LogP contribution in [0.3, 0.4) is 0 Å². The van der Waals surface area contributed by atoms with Crippen LogP contribution in [-0.2, 0) is 11.3 Å². The van der Waals surface area contributed by atoms with Crippen LogP contribution < -0.4 is 14.4 Å². The van der Waals surface area contributed by atoms with Crippen LogP contribution in [0.15, 0.2) is 42.5 Å². The standard InChI is InChI=1S/C22H29FN2O4/c1-27-21-8-7-19(13-22(21)28-2)25-11-9-24(10-12-25)14-20(26)16-29-15-17-3-5-18(23)6-4-17/h3-8,13,20,26H,9-12,14-16H2,1-2H3. The first-order chi connectivity index (χ1) is 14.1. The van der Waals surface area contributed by atoms with Crippen LogP contribution in [0.1, 0.15) is 5.56 Å². The molecule has 29 heavy (non-hydrogen) atoms. The Morgan fingerprint density at radius 1 is 0.966 bits per heavy atom. The number of anilines is 1. The van der Waals surface area contributed by atoms with E-state index in [0.29, 0.717) is 13.2 Å². The summed E-state index contributed by atoms with van der Waals surface area (Å²) < 4.78 is 29.2. The van der Waals surface area contributed by atoms with Crippen molar-refractivity contribution >= 4 is 5.69 Å². The first kappa shape index (κ1) is 21.4. The van der Waals surface area contributed by atoms with Gasteiger partial charge in [0.25, 0.3) is 0 Å². The Balaban J connectivity index is 1.40. The third kappa shape index (κ3) is 6.06. The molecule has 7 heteroatoms. The maximum Gasteiger partial charge on any atom is 0.162 e. The first-order valence-electron chi connectivity index (χ1n) is 9.78. The zero-order valence-corrected chi connectivity index (χ0v) is 17.0. The quantitative estimate of drug-likeness (QED) is 0.693. The second-order valence-corrected chi connectivity index (χ2v) is 7.12. The summed E-state index contributed by atoms with van der Waals surface area (Å²) in [6.07, 6.45) is -0.553. The van der Waals surface area contributed by atoms with E-state index in [0.717, 1.165) is 48.9 Å². The van der Waals surface area contributed by atoms with Gasteiger partial charge in [0.2, 0.25) is 0 Å². The van der Waals surface area contributed by atoms with Gasteiger partial charge in [0, 0.05) is 44.5 Å². The maximum absolute atomic E-state index is 12.9. The molecule has 1 fully saturated rings. The summed E-state index contributed by atoms with van der Waals surface area (Å²) in [4.78, 5) is 4.54. The number of piperazine rings is 1. The van der Waals surface area contributed by atoms with Crippen molar-refractivity contribution in [2.24, 2.45) is 0 Å². The van der Waals surface area contributed by atoms with Gasteiger partial charge in [-0.25, -0.2) is 4.39 Å². The van der Waals surface area contributed by atoms with Gasteiger partial charge in [0.05, 0.1) is 33.5 Å². The van der Waals surface area contributed by atoms with E-state index < -0.39 is 6.10 Å². The number of hydrogen-bond donors (Lipinski definition) is 1. The van der Waals surface area contributed by atoms with Crippen molar-refractivity contribution in [2.75, 3.05) is 58.5 Å². The van der Waals surface area contributed by atoms with Gasteiger partial charge in [-0.15, -0.1) is 0 Å². The summed E-state index contributed by atoms with van der Waals surface area (Å²) in [6, 6.07) is 12.1. The van der Waals surface area contributed by atoms with Crippen LogP contribution in [0.4, 0.5) is 10.1 Å². The lowest BCUT2D eigenvalue weighted by atomic mass is 10.2. The SMILES string of the molecule is COc1ccc(N2CCN(CC(O)COCc3ccc(F)cc3)CC2)cc1OC. The smallest absolute Gasteiger partial charge is 0.162 e. The predicted octanol–water partition coefficient (Wildman–Crippen LogP) is 2.54. The molecule has 0 amide bonds. The van der Waals surface area contributed by atoms with E-state index in [9.17, 15) is 9.50 Å². The molecule has 1 heterocycles. The van der Waals surface area contributed by atoms with Gasteiger partial charge in [-0.3, -0.25) is 4.90 Å². The molecule has 0 spiro atoms. The molecule has 0 aromatic heterocycles. The highest BCUT2D eigenvalue weighted by atomic mass is 19.1. The number of rotatable bonds is 9. The molecule has 2 aromatic carbocycles. The van der Waals surface area contributed by atoms with Gasteiger partial charge in [-0.1, -0.05) is 12.1 Å². The molecule has 1 unspecified atom stereocenters. The fourth-order valence-corrected chi connectivity index (χ4v) is 3.45. The summed E-state index contributed by atoms with van der Waals surface area (Å²) >= 11 is 0. The molecule has 1 atom stereocenters. The molecule has 1 saturated heterocycles. The van der Waals surface area contributed by atoms with Gasteiger partial charge in [0.15, 0.2) is 11.5 Å². The average Bonchev–Trinajstić information content (AvgIpc) is 2.75. The number of hydrogen-bond acceptors (Lipinski definition) is 6. The van der Waals surface area contributed by atoms with E-state index in [2.05, 4.69) is 9.80 Å². The van der Waals surface area contributed by atoms with Crippen LogP contribution in [0.25, 0.3) is 0 Å². The van der Waals surface area contributed by atoms with Gasteiger partial charge in [-0.2, -0.15) is 0 Å². The summed E-state index contributed by atoms with van der Waals surface area (Å²) in [7, 11) is 3.27. The average molecular weight is 404 g/mol. The summed E-state index contributed by atoms with van der Waals surface area (Å²) in [5.41, 5.74) is 1.99. The van der Waals surface area contributed by atoms with Crippen LogP contribution in [-0.4, -0.2) is 69.7 Å². The minimum absolute atomic E-state index is 0.257. The highest BCUT2D eigenvalue weighted by molar-refractivity contribution is 5.56. The van der Waals surface area contributed by atoms with Gasteiger partial charge < -0.3 is 24.2 Å². The monoisotopic (exact) mass is 404 g/mol. The molecule has 1 N–H and O–H groups in total. The molecule has 6 nitrogen and oxygen atoms in total. The Hall–Kier alpha value is -2.35. The molecule has 0 saturated carbocycles. The lowest BCUT2D eigenvalue weighted by molar-refractivity contribution is 0.00912. The molecule has 3 rings (SSSR count). The van der Waals surface area contributed by atoms with Crippen LogP contribution >= 0.6 is 0 Å². The van der Waals surface area contributed by atoms with Crippen molar-refractivity contribution in [1.82, 2.24) is 4.90 Å². The first-order valence-corrected chi connectivity index (χ1v) is 9.78. The summed E-state index contributed by atoms with van der Waals surface area (Å²) in [5.74, 6) is 1.18. The van der Waals surface area contributed by atoms with Crippen LogP contribution in [0.5, 0.6) is 11.5 Å². The topological polar surface area (TPSA) is 54.4 Å². The van der Waals surface area contributed by atoms with Crippen LogP contribution in [0, 0.1) is 5.82 Å². The predicted molar refractivity (Wildman–Crippen MR) is 110 cm³/mol. The number of nitrogens with zero attached hydrogens (tertiary/aromatic N) is 2. The Morgan fingerprint density at radius 3 is 2.31 bits per heavy atom. The number of β-amino-alcohol motifs (C(OH)–C–C–N with tert-alkyl or cyclic N) is 1. The molecule has 158 valence electrons. The lowest BCUT2D eigenvalue weighted by Gasteiger charge is -2.37. The largest absolute Gasteiger partial charge is 0.493 e. The number of halogens is 1. The normalized spacial score (nSPS) is 15.9. The fourth-order valence-electron chi connectivity index (χ4n) is 3.45. The molecule has 0 radical (unpaired) electrons. The number of methoxy groups -OCH3 is 2. The minimum atomic E-state index is -0.553. The minimum Gasteiger partial charge on any atom is -0.493 e. The Morgan fingerprint density at radius 2 is 1.66 bits per heavy atom. The van der Waals surface area contributed by atoms with Crippen molar-refractivity contribution in [1.29, 1.82) is 0 Å². The van der Waals surface area contributed by atoms with Crippen molar-refractivity contribution in [2.45, 2.75) is 12.7 Å². The summed E-state index contributed by atoms with van der Waals surface area (Å²) in [6.45, 7) is 4.67. The number of aliphatic hydroxyl groups is 1. The molecular formula is C22H29FN2O4. The molecular weight excluding hydrogens is 375 g/mol. The highest BCUT2D eigenvalue weighted by Gasteiger charge is 2.20.